The van der Waals surface area contributed by atoms with Crippen molar-refractivity contribution >= 4 is 6.03 Å². The Bertz CT molecular complexity index is 330. The predicted octanol–water partition coefficient (Wildman–Crippen LogP) is 1.68. The standard InChI is InChI=1S/C12H19N3O/c1-3-12(2)4-5-14(9-12)11(16)15-7-10(6-13)8-15/h10H,3-5,7-9H2,1-2H3. The molecule has 2 aliphatic rings. The van der Waals surface area contributed by atoms with Crippen LogP contribution in [0.4, 0.5) is 4.79 Å². The third-order valence-corrected chi connectivity index (χ3v) is 4.02. The summed E-state index contributed by atoms with van der Waals surface area (Å²) in [6.07, 6.45) is 2.22. The van der Waals surface area contributed by atoms with Gasteiger partial charge in [-0.1, -0.05) is 13.8 Å². The molecule has 0 N–H and O–H groups in total. The smallest absolute Gasteiger partial charge is 0.320 e. The summed E-state index contributed by atoms with van der Waals surface area (Å²) in [7, 11) is 0. The zero-order valence-corrected chi connectivity index (χ0v) is 10.1. The molecule has 2 rings (SSSR count). The maximum absolute atomic E-state index is 12.0. The minimum atomic E-state index is 0.0594. The molecule has 4 nitrogen and oxygen atoms in total. The fraction of sp³-hybridized carbons (Fsp3) is 0.833. The second kappa shape index (κ2) is 3.97. The van der Waals surface area contributed by atoms with Gasteiger partial charge in [0.15, 0.2) is 0 Å². The number of rotatable bonds is 1. The molecule has 2 fully saturated rings. The topological polar surface area (TPSA) is 47.3 Å². The quantitative estimate of drug-likeness (QED) is 0.676. The first-order chi connectivity index (χ1) is 7.58. The molecule has 0 aliphatic carbocycles. The first-order valence-corrected chi connectivity index (χ1v) is 6.01. The molecule has 88 valence electrons. The Labute approximate surface area is 96.8 Å². The number of hydrogen-bond acceptors (Lipinski definition) is 2. The lowest BCUT2D eigenvalue weighted by atomic mass is 9.87. The summed E-state index contributed by atoms with van der Waals surface area (Å²) in [6, 6.07) is 2.32. The van der Waals surface area contributed by atoms with Crippen LogP contribution in [-0.2, 0) is 0 Å². The average molecular weight is 221 g/mol. The minimum Gasteiger partial charge on any atom is -0.324 e. The number of likely N-dealkylation sites (tertiary alicyclic amines) is 2. The van der Waals surface area contributed by atoms with Gasteiger partial charge in [-0.3, -0.25) is 0 Å². The molecule has 0 bridgehead atoms. The van der Waals surface area contributed by atoms with Crippen LogP contribution in [0.15, 0.2) is 0 Å². The minimum absolute atomic E-state index is 0.0594. The van der Waals surface area contributed by atoms with E-state index in [-0.39, 0.29) is 11.9 Å². The van der Waals surface area contributed by atoms with Gasteiger partial charge >= 0.3 is 6.03 Å². The highest BCUT2D eigenvalue weighted by Crippen LogP contribution is 2.34. The Morgan fingerprint density at radius 2 is 2.19 bits per heavy atom. The second-order valence-corrected chi connectivity index (χ2v) is 5.35. The Morgan fingerprint density at radius 1 is 1.50 bits per heavy atom. The number of carbonyl (C=O) groups is 1. The molecule has 1 unspecified atom stereocenters. The lowest BCUT2D eigenvalue weighted by molar-refractivity contribution is 0.111. The molecule has 4 heteroatoms. The Hall–Kier alpha value is -1.24. The first-order valence-electron chi connectivity index (χ1n) is 6.01. The van der Waals surface area contributed by atoms with Crippen LogP contribution in [0.1, 0.15) is 26.7 Å². The third-order valence-electron chi connectivity index (χ3n) is 4.02. The summed E-state index contributed by atoms with van der Waals surface area (Å²) in [5.74, 6) is 0.0594. The van der Waals surface area contributed by atoms with Gasteiger partial charge in [0.2, 0.25) is 0 Å². The van der Waals surface area contributed by atoms with Crippen LogP contribution in [0.5, 0.6) is 0 Å². The molecule has 0 saturated carbocycles. The van der Waals surface area contributed by atoms with Gasteiger partial charge < -0.3 is 9.80 Å². The van der Waals surface area contributed by atoms with Gasteiger partial charge in [0.25, 0.3) is 0 Å². The van der Waals surface area contributed by atoms with E-state index in [0.29, 0.717) is 18.5 Å². The van der Waals surface area contributed by atoms with Crippen LogP contribution in [0, 0.1) is 22.7 Å². The van der Waals surface area contributed by atoms with Crippen molar-refractivity contribution in [1.82, 2.24) is 9.80 Å². The summed E-state index contributed by atoms with van der Waals surface area (Å²) in [5, 5.41) is 8.67. The average Bonchev–Trinajstić information content (AvgIpc) is 2.60. The van der Waals surface area contributed by atoms with Gasteiger partial charge in [0, 0.05) is 26.2 Å². The number of carbonyl (C=O) groups excluding carboxylic acids is 1. The molecule has 0 aromatic heterocycles. The van der Waals surface area contributed by atoms with Crippen LogP contribution in [-0.4, -0.2) is 42.0 Å². The van der Waals surface area contributed by atoms with Gasteiger partial charge in [-0.15, -0.1) is 0 Å². The summed E-state index contributed by atoms with van der Waals surface area (Å²) in [5.41, 5.74) is 0.301. The molecule has 0 radical (unpaired) electrons. The normalized spacial score (nSPS) is 30.1. The number of amides is 2. The van der Waals surface area contributed by atoms with Crippen LogP contribution in [0.25, 0.3) is 0 Å². The Morgan fingerprint density at radius 3 is 2.69 bits per heavy atom. The van der Waals surface area contributed by atoms with Gasteiger partial charge in [-0.25, -0.2) is 4.79 Å². The fourth-order valence-electron chi connectivity index (χ4n) is 2.39. The molecule has 1 atom stereocenters. The van der Waals surface area contributed by atoms with Gasteiger partial charge in [0.05, 0.1) is 12.0 Å². The molecule has 0 aromatic carbocycles. The lowest BCUT2D eigenvalue weighted by Gasteiger charge is -2.38. The van der Waals surface area contributed by atoms with Crippen LogP contribution < -0.4 is 0 Å². The SMILES string of the molecule is CCC1(C)CCN(C(=O)N2CC(C#N)C2)C1. The molecular formula is C12H19N3O. The zero-order valence-electron chi connectivity index (χ0n) is 10.1. The van der Waals surface area contributed by atoms with E-state index >= 15 is 0 Å². The largest absolute Gasteiger partial charge is 0.324 e. The lowest BCUT2D eigenvalue weighted by Crippen LogP contribution is -2.54. The van der Waals surface area contributed by atoms with Crippen molar-refractivity contribution in [2.24, 2.45) is 11.3 Å². The molecule has 0 spiro atoms. The maximum atomic E-state index is 12.0. The van der Waals surface area contributed by atoms with E-state index in [1.165, 1.54) is 0 Å². The van der Waals surface area contributed by atoms with Crippen molar-refractivity contribution in [3.63, 3.8) is 0 Å². The van der Waals surface area contributed by atoms with E-state index in [1.54, 1.807) is 4.90 Å². The van der Waals surface area contributed by atoms with Crippen molar-refractivity contribution in [2.45, 2.75) is 26.7 Å². The van der Waals surface area contributed by atoms with E-state index in [1.807, 2.05) is 4.90 Å². The third kappa shape index (κ3) is 1.87. The predicted molar refractivity (Wildman–Crippen MR) is 60.7 cm³/mol. The number of nitriles is 1. The summed E-state index contributed by atoms with van der Waals surface area (Å²) < 4.78 is 0. The Kier molecular flexibility index (Phi) is 2.79. The molecule has 2 amide bonds. The van der Waals surface area contributed by atoms with Crippen molar-refractivity contribution in [1.29, 1.82) is 5.26 Å². The molecule has 0 aromatic rings. The van der Waals surface area contributed by atoms with Crippen molar-refractivity contribution in [3.8, 4) is 6.07 Å². The van der Waals surface area contributed by atoms with Gasteiger partial charge in [0.1, 0.15) is 0 Å². The molecule has 2 saturated heterocycles. The Balaban J connectivity index is 1.87. The van der Waals surface area contributed by atoms with Crippen molar-refractivity contribution in [3.05, 3.63) is 0 Å². The highest BCUT2D eigenvalue weighted by Gasteiger charge is 2.39. The fourth-order valence-corrected chi connectivity index (χ4v) is 2.39. The van der Waals surface area contributed by atoms with E-state index in [9.17, 15) is 4.79 Å². The molecular weight excluding hydrogens is 202 g/mol. The number of urea groups is 1. The summed E-state index contributed by atoms with van der Waals surface area (Å²) in [4.78, 5) is 15.8. The van der Waals surface area contributed by atoms with Crippen LogP contribution in [0.3, 0.4) is 0 Å². The monoisotopic (exact) mass is 221 g/mol. The highest BCUT2D eigenvalue weighted by molar-refractivity contribution is 5.75. The van der Waals surface area contributed by atoms with E-state index < -0.39 is 0 Å². The zero-order chi connectivity index (χ0) is 11.8. The highest BCUT2D eigenvalue weighted by atomic mass is 16.2. The number of hydrogen-bond donors (Lipinski definition) is 0. The summed E-state index contributed by atoms with van der Waals surface area (Å²) in [6.45, 7) is 7.41. The molecule has 2 heterocycles. The van der Waals surface area contributed by atoms with Crippen molar-refractivity contribution in [2.75, 3.05) is 26.2 Å². The van der Waals surface area contributed by atoms with Crippen molar-refractivity contribution < 1.29 is 4.79 Å². The van der Waals surface area contributed by atoms with E-state index in [2.05, 4.69) is 19.9 Å². The second-order valence-electron chi connectivity index (χ2n) is 5.35. The maximum Gasteiger partial charge on any atom is 0.320 e. The van der Waals surface area contributed by atoms with E-state index in [0.717, 1.165) is 25.9 Å². The van der Waals surface area contributed by atoms with Gasteiger partial charge in [-0.2, -0.15) is 5.26 Å². The molecule has 2 aliphatic heterocycles. The number of nitrogens with zero attached hydrogens (tertiary/aromatic N) is 3. The van der Waals surface area contributed by atoms with Crippen LogP contribution >= 0.6 is 0 Å². The van der Waals surface area contributed by atoms with E-state index in [4.69, 9.17) is 5.26 Å². The van der Waals surface area contributed by atoms with Gasteiger partial charge in [-0.05, 0) is 18.3 Å². The first kappa shape index (κ1) is 11.3. The molecule has 16 heavy (non-hydrogen) atoms. The summed E-state index contributed by atoms with van der Waals surface area (Å²) >= 11 is 0. The van der Waals surface area contributed by atoms with Crippen LogP contribution in [0.2, 0.25) is 0 Å².